The van der Waals surface area contributed by atoms with Crippen LogP contribution in [-0.2, 0) is 0 Å². The minimum Gasteiger partial charge on any atom is -0.267 e. The molecular weight excluding hydrogens is 272 g/mol. The number of aromatic amines is 1. The molecule has 7 heteroatoms. The van der Waals surface area contributed by atoms with Gasteiger partial charge in [0.25, 0.3) is 11.2 Å². The lowest BCUT2D eigenvalue weighted by molar-refractivity contribution is -0.385. The molecule has 0 saturated heterocycles. The molecule has 1 aromatic carbocycles. The molecule has 0 aliphatic heterocycles. The Balaban J connectivity index is 2.47. The van der Waals surface area contributed by atoms with Crippen LogP contribution in [0.15, 0.2) is 29.1 Å². The Hall–Kier alpha value is -3.27. The van der Waals surface area contributed by atoms with Crippen LogP contribution in [0.1, 0.15) is 22.4 Å². The Morgan fingerprint density at radius 3 is 2.76 bits per heavy atom. The van der Waals surface area contributed by atoms with Gasteiger partial charge in [-0.25, -0.2) is 5.10 Å². The van der Waals surface area contributed by atoms with E-state index in [4.69, 9.17) is 5.26 Å². The number of nitro groups is 1. The Bertz CT molecular complexity index is 831. The molecule has 1 heterocycles. The van der Waals surface area contributed by atoms with E-state index in [1.54, 1.807) is 31.2 Å². The Kier molecular flexibility index (Phi) is 3.90. The van der Waals surface area contributed by atoms with Crippen molar-refractivity contribution in [3.8, 4) is 6.07 Å². The molecule has 0 unspecified atom stereocenters. The van der Waals surface area contributed by atoms with E-state index in [1.165, 1.54) is 18.2 Å². The van der Waals surface area contributed by atoms with E-state index in [2.05, 4.69) is 10.2 Å². The number of nitrogens with one attached hydrogen (secondary N) is 1. The zero-order chi connectivity index (χ0) is 15.4. The fourth-order valence-electron chi connectivity index (χ4n) is 1.81. The number of nitro benzene ring substituents is 1. The molecule has 0 atom stereocenters. The van der Waals surface area contributed by atoms with E-state index in [-0.39, 0.29) is 11.3 Å². The highest BCUT2D eigenvalue weighted by atomic mass is 16.6. The maximum absolute atomic E-state index is 11.4. The molecule has 21 heavy (non-hydrogen) atoms. The van der Waals surface area contributed by atoms with Gasteiger partial charge in [-0.15, -0.1) is 0 Å². The lowest BCUT2D eigenvalue weighted by Gasteiger charge is -2.00. The summed E-state index contributed by atoms with van der Waals surface area (Å²) in [5, 5.41) is 25.9. The second kappa shape index (κ2) is 5.79. The van der Waals surface area contributed by atoms with Crippen molar-refractivity contribution in [3.63, 3.8) is 0 Å². The number of para-hydroxylation sites is 1. The average molecular weight is 282 g/mol. The van der Waals surface area contributed by atoms with E-state index in [9.17, 15) is 14.9 Å². The first-order chi connectivity index (χ1) is 10.0. The van der Waals surface area contributed by atoms with Crippen molar-refractivity contribution in [2.45, 2.75) is 6.92 Å². The molecule has 104 valence electrons. The third-order valence-corrected chi connectivity index (χ3v) is 2.93. The molecule has 0 bridgehead atoms. The van der Waals surface area contributed by atoms with Crippen LogP contribution in [0.5, 0.6) is 0 Å². The Morgan fingerprint density at radius 1 is 1.38 bits per heavy atom. The number of hydrogen-bond donors (Lipinski definition) is 1. The summed E-state index contributed by atoms with van der Waals surface area (Å²) in [5.74, 6) is 0. The minimum atomic E-state index is -0.558. The van der Waals surface area contributed by atoms with Gasteiger partial charge in [-0.05, 0) is 30.7 Å². The van der Waals surface area contributed by atoms with Gasteiger partial charge in [0.1, 0.15) is 11.6 Å². The molecule has 7 nitrogen and oxygen atoms in total. The summed E-state index contributed by atoms with van der Waals surface area (Å²) in [6.07, 6.45) is 3.04. The Labute approximate surface area is 119 Å². The van der Waals surface area contributed by atoms with Crippen molar-refractivity contribution >= 4 is 17.8 Å². The Morgan fingerprint density at radius 2 is 2.10 bits per heavy atom. The molecule has 0 aliphatic rings. The fourth-order valence-corrected chi connectivity index (χ4v) is 1.81. The van der Waals surface area contributed by atoms with Crippen molar-refractivity contribution in [1.29, 1.82) is 5.26 Å². The normalized spacial score (nSPS) is 10.5. The van der Waals surface area contributed by atoms with Crippen molar-refractivity contribution in [2.24, 2.45) is 0 Å². The van der Waals surface area contributed by atoms with Crippen LogP contribution < -0.4 is 5.56 Å². The number of nitrogens with zero attached hydrogens (tertiary/aromatic N) is 3. The fraction of sp³-hybridized carbons (Fsp3) is 0.0714. The highest BCUT2D eigenvalue weighted by Crippen LogP contribution is 2.20. The molecule has 2 rings (SSSR count). The summed E-state index contributed by atoms with van der Waals surface area (Å²) >= 11 is 0. The molecule has 0 saturated carbocycles. The highest BCUT2D eigenvalue weighted by Gasteiger charge is 2.11. The van der Waals surface area contributed by atoms with Gasteiger partial charge in [-0.3, -0.25) is 14.9 Å². The maximum atomic E-state index is 11.4. The third-order valence-electron chi connectivity index (χ3n) is 2.93. The van der Waals surface area contributed by atoms with Crippen LogP contribution >= 0.6 is 0 Å². The van der Waals surface area contributed by atoms with Crippen LogP contribution in [-0.4, -0.2) is 15.1 Å². The molecule has 1 aromatic heterocycles. The number of H-pyrrole nitrogens is 1. The van der Waals surface area contributed by atoms with Gasteiger partial charge in [0.05, 0.1) is 16.2 Å². The summed E-state index contributed by atoms with van der Waals surface area (Å²) < 4.78 is 0. The van der Waals surface area contributed by atoms with Crippen molar-refractivity contribution in [3.05, 3.63) is 67.1 Å². The number of benzene rings is 1. The number of rotatable bonds is 3. The van der Waals surface area contributed by atoms with E-state index >= 15 is 0 Å². The summed E-state index contributed by atoms with van der Waals surface area (Å²) in [6, 6.07) is 8.06. The quantitative estimate of drug-likeness (QED) is 0.683. The van der Waals surface area contributed by atoms with Gasteiger partial charge in [0, 0.05) is 6.07 Å². The SMILES string of the molecule is Cc1c(/C=C/c2ccccc2[N+](=O)[O-])n[nH]c(=O)c1C#N. The predicted molar refractivity (Wildman–Crippen MR) is 76.3 cm³/mol. The summed E-state index contributed by atoms with van der Waals surface area (Å²) in [5.41, 5.74) is 0.607. The second-order valence-corrected chi connectivity index (χ2v) is 4.20. The molecule has 2 aromatic rings. The van der Waals surface area contributed by atoms with E-state index < -0.39 is 10.5 Å². The van der Waals surface area contributed by atoms with E-state index in [1.807, 2.05) is 0 Å². The van der Waals surface area contributed by atoms with Crippen molar-refractivity contribution in [2.75, 3.05) is 0 Å². The zero-order valence-electron chi connectivity index (χ0n) is 11.0. The van der Waals surface area contributed by atoms with Gasteiger partial charge < -0.3 is 0 Å². The molecule has 0 radical (unpaired) electrons. The molecule has 0 fully saturated rings. The maximum Gasteiger partial charge on any atom is 0.282 e. The molecule has 0 aliphatic carbocycles. The van der Waals surface area contributed by atoms with Crippen LogP contribution in [0.25, 0.3) is 12.2 Å². The van der Waals surface area contributed by atoms with Gasteiger partial charge in [-0.1, -0.05) is 12.1 Å². The molecule has 1 N–H and O–H groups in total. The second-order valence-electron chi connectivity index (χ2n) is 4.20. The highest BCUT2D eigenvalue weighted by molar-refractivity contribution is 5.74. The third kappa shape index (κ3) is 2.84. The number of hydrogen-bond acceptors (Lipinski definition) is 5. The smallest absolute Gasteiger partial charge is 0.267 e. The first-order valence-electron chi connectivity index (χ1n) is 5.95. The van der Waals surface area contributed by atoms with Crippen LogP contribution in [0, 0.1) is 28.4 Å². The van der Waals surface area contributed by atoms with Crippen LogP contribution in [0.2, 0.25) is 0 Å². The summed E-state index contributed by atoms with van der Waals surface area (Å²) in [4.78, 5) is 21.8. The lowest BCUT2D eigenvalue weighted by Crippen LogP contribution is -2.15. The first kappa shape index (κ1) is 14.1. The predicted octanol–water partition coefficient (Wildman–Crippen LogP) is 2.03. The minimum absolute atomic E-state index is 0.0211. The van der Waals surface area contributed by atoms with Gasteiger partial charge in [0.2, 0.25) is 0 Å². The van der Waals surface area contributed by atoms with E-state index in [0.29, 0.717) is 16.8 Å². The van der Waals surface area contributed by atoms with Crippen molar-refractivity contribution < 1.29 is 4.92 Å². The molecule has 0 spiro atoms. The number of aromatic nitrogens is 2. The monoisotopic (exact) mass is 282 g/mol. The lowest BCUT2D eigenvalue weighted by atomic mass is 10.1. The topological polar surface area (TPSA) is 113 Å². The molecular formula is C14H10N4O3. The van der Waals surface area contributed by atoms with Crippen LogP contribution in [0.3, 0.4) is 0 Å². The summed E-state index contributed by atoms with van der Waals surface area (Å²) in [7, 11) is 0. The van der Waals surface area contributed by atoms with E-state index in [0.717, 1.165) is 0 Å². The first-order valence-corrected chi connectivity index (χ1v) is 5.95. The standard InChI is InChI=1S/C14H10N4O3/c1-9-11(8-15)14(19)17-16-12(9)7-6-10-4-2-3-5-13(10)18(20)21/h2-7H,1H3,(H,17,19)/b7-6+. The van der Waals surface area contributed by atoms with Gasteiger partial charge >= 0.3 is 0 Å². The average Bonchev–Trinajstić information content (AvgIpc) is 2.47. The van der Waals surface area contributed by atoms with Gasteiger partial charge in [0.15, 0.2) is 0 Å². The summed E-state index contributed by atoms with van der Waals surface area (Å²) in [6.45, 7) is 1.60. The van der Waals surface area contributed by atoms with Crippen LogP contribution in [0.4, 0.5) is 5.69 Å². The zero-order valence-corrected chi connectivity index (χ0v) is 11.0. The molecule has 0 amide bonds. The largest absolute Gasteiger partial charge is 0.282 e. The van der Waals surface area contributed by atoms with Crippen molar-refractivity contribution in [1.82, 2.24) is 10.2 Å². The van der Waals surface area contributed by atoms with Gasteiger partial charge in [-0.2, -0.15) is 10.4 Å². The number of nitriles is 1.